The highest BCUT2D eigenvalue weighted by atomic mass is 32.1. The number of carbonyl (C=O) groups is 1. The van der Waals surface area contributed by atoms with E-state index in [0.717, 1.165) is 35.0 Å². The van der Waals surface area contributed by atoms with Crippen LogP contribution in [0.15, 0.2) is 9.80 Å². The molecule has 2 aromatic heterocycles. The lowest BCUT2D eigenvalue weighted by molar-refractivity contribution is -0.140. The van der Waals surface area contributed by atoms with Crippen molar-refractivity contribution in [1.82, 2.24) is 9.97 Å². The van der Waals surface area contributed by atoms with E-state index >= 15 is 0 Å². The first-order valence-corrected chi connectivity index (χ1v) is 6.93. The van der Waals surface area contributed by atoms with Gasteiger partial charge in [0.05, 0.1) is 17.8 Å². The molecule has 102 valence electrons. The minimum atomic E-state index is -0.182. The Labute approximate surface area is 115 Å². The third-order valence-electron chi connectivity index (χ3n) is 2.69. The van der Waals surface area contributed by atoms with Gasteiger partial charge in [-0.05, 0) is 19.8 Å². The quantitative estimate of drug-likeness (QED) is 0.788. The Morgan fingerprint density at radius 3 is 2.84 bits per heavy atom. The van der Waals surface area contributed by atoms with E-state index in [1.165, 1.54) is 7.11 Å². The van der Waals surface area contributed by atoms with Crippen LogP contribution in [0.1, 0.15) is 29.4 Å². The van der Waals surface area contributed by atoms with E-state index in [-0.39, 0.29) is 5.97 Å². The van der Waals surface area contributed by atoms with Crippen LogP contribution in [0.3, 0.4) is 0 Å². The molecule has 2 heterocycles. The SMILES string of the molecule is COC(=O)CCCc1nc(-c2oc(C)nc2C)cs1. The van der Waals surface area contributed by atoms with Crippen LogP contribution in [-0.2, 0) is 16.0 Å². The molecule has 0 bridgehead atoms. The number of methoxy groups -OCH3 is 1. The fourth-order valence-electron chi connectivity index (χ4n) is 1.78. The van der Waals surface area contributed by atoms with Gasteiger partial charge in [0, 0.05) is 18.7 Å². The molecule has 19 heavy (non-hydrogen) atoms. The lowest BCUT2D eigenvalue weighted by Crippen LogP contribution is -2.00. The summed E-state index contributed by atoms with van der Waals surface area (Å²) in [6, 6.07) is 0. The van der Waals surface area contributed by atoms with E-state index in [4.69, 9.17) is 4.42 Å². The summed E-state index contributed by atoms with van der Waals surface area (Å²) in [4.78, 5) is 19.8. The fourth-order valence-corrected chi connectivity index (χ4v) is 2.61. The molecule has 0 atom stereocenters. The number of ether oxygens (including phenoxy) is 1. The molecule has 0 N–H and O–H groups in total. The van der Waals surface area contributed by atoms with Crippen LogP contribution in [0, 0.1) is 13.8 Å². The molecular formula is C13H16N2O3S. The molecular weight excluding hydrogens is 264 g/mol. The molecule has 0 amide bonds. The number of aromatic nitrogens is 2. The van der Waals surface area contributed by atoms with E-state index in [1.807, 2.05) is 19.2 Å². The predicted molar refractivity (Wildman–Crippen MR) is 72.0 cm³/mol. The Hall–Kier alpha value is -1.69. The first-order valence-electron chi connectivity index (χ1n) is 6.05. The van der Waals surface area contributed by atoms with E-state index < -0.39 is 0 Å². The van der Waals surface area contributed by atoms with E-state index in [0.29, 0.717) is 12.3 Å². The fraction of sp³-hybridized carbons (Fsp3) is 0.462. The van der Waals surface area contributed by atoms with Crippen molar-refractivity contribution in [3.05, 3.63) is 22.0 Å². The molecule has 0 unspecified atom stereocenters. The maximum Gasteiger partial charge on any atom is 0.305 e. The number of hydrogen-bond donors (Lipinski definition) is 0. The van der Waals surface area contributed by atoms with Crippen LogP contribution in [0.4, 0.5) is 0 Å². The molecule has 0 spiro atoms. The van der Waals surface area contributed by atoms with Gasteiger partial charge in [0.25, 0.3) is 0 Å². The largest absolute Gasteiger partial charge is 0.469 e. The van der Waals surface area contributed by atoms with Gasteiger partial charge in [-0.1, -0.05) is 0 Å². The van der Waals surface area contributed by atoms with Crippen molar-refractivity contribution in [3.63, 3.8) is 0 Å². The zero-order valence-corrected chi connectivity index (χ0v) is 12.0. The van der Waals surface area contributed by atoms with Crippen LogP contribution >= 0.6 is 11.3 Å². The number of carbonyl (C=O) groups excluding carboxylic acids is 1. The Morgan fingerprint density at radius 2 is 2.21 bits per heavy atom. The van der Waals surface area contributed by atoms with Gasteiger partial charge < -0.3 is 9.15 Å². The second-order valence-corrected chi connectivity index (χ2v) is 5.15. The third kappa shape index (κ3) is 3.41. The molecule has 2 aromatic rings. The molecule has 0 aliphatic rings. The molecule has 0 saturated carbocycles. The topological polar surface area (TPSA) is 65.2 Å². The minimum Gasteiger partial charge on any atom is -0.469 e. The third-order valence-corrected chi connectivity index (χ3v) is 3.60. The Morgan fingerprint density at radius 1 is 1.42 bits per heavy atom. The zero-order valence-electron chi connectivity index (χ0n) is 11.2. The summed E-state index contributed by atoms with van der Waals surface area (Å²) in [5.74, 6) is 1.19. The first kappa shape index (κ1) is 13.7. The molecule has 0 aromatic carbocycles. The Kier molecular flexibility index (Phi) is 4.31. The van der Waals surface area contributed by atoms with Crippen molar-refractivity contribution in [2.45, 2.75) is 33.1 Å². The molecule has 6 heteroatoms. The lowest BCUT2D eigenvalue weighted by atomic mass is 10.2. The van der Waals surface area contributed by atoms with E-state index in [2.05, 4.69) is 14.7 Å². The molecule has 0 aliphatic carbocycles. The number of rotatable bonds is 5. The summed E-state index contributed by atoms with van der Waals surface area (Å²) in [7, 11) is 1.40. The summed E-state index contributed by atoms with van der Waals surface area (Å²) in [6.07, 6.45) is 1.94. The minimum absolute atomic E-state index is 0.182. The highest BCUT2D eigenvalue weighted by molar-refractivity contribution is 7.09. The standard InChI is InChI=1S/C13H16N2O3S/c1-8-13(18-9(2)14-8)10-7-19-11(15-10)5-4-6-12(16)17-3/h7H,4-6H2,1-3H3. The highest BCUT2D eigenvalue weighted by Gasteiger charge is 2.13. The average molecular weight is 280 g/mol. The zero-order chi connectivity index (χ0) is 13.8. The van der Waals surface area contributed by atoms with Gasteiger partial charge in [-0.15, -0.1) is 11.3 Å². The monoisotopic (exact) mass is 280 g/mol. The van der Waals surface area contributed by atoms with Crippen molar-refractivity contribution in [2.24, 2.45) is 0 Å². The number of hydrogen-bond acceptors (Lipinski definition) is 6. The average Bonchev–Trinajstić information content (AvgIpc) is 2.95. The predicted octanol–water partition coefficient (Wildman–Crippen LogP) is 2.91. The molecule has 2 rings (SSSR count). The Bertz CT molecular complexity index is 574. The van der Waals surface area contributed by atoms with Crippen molar-refractivity contribution in [1.29, 1.82) is 0 Å². The van der Waals surface area contributed by atoms with Gasteiger partial charge in [-0.3, -0.25) is 4.79 Å². The lowest BCUT2D eigenvalue weighted by Gasteiger charge is -1.97. The second-order valence-electron chi connectivity index (χ2n) is 4.20. The van der Waals surface area contributed by atoms with Crippen LogP contribution < -0.4 is 0 Å². The van der Waals surface area contributed by atoms with Crippen LogP contribution in [0.25, 0.3) is 11.5 Å². The van der Waals surface area contributed by atoms with Gasteiger partial charge in [-0.2, -0.15) is 0 Å². The number of esters is 1. The number of aryl methyl sites for hydroxylation is 3. The molecule has 0 radical (unpaired) electrons. The van der Waals surface area contributed by atoms with Gasteiger partial charge in [0.2, 0.25) is 0 Å². The molecule has 0 fully saturated rings. The van der Waals surface area contributed by atoms with Crippen LogP contribution in [-0.4, -0.2) is 23.0 Å². The summed E-state index contributed by atoms with van der Waals surface area (Å²) >= 11 is 1.57. The van der Waals surface area contributed by atoms with Gasteiger partial charge in [0.1, 0.15) is 5.69 Å². The maximum atomic E-state index is 11.0. The maximum absolute atomic E-state index is 11.0. The smallest absolute Gasteiger partial charge is 0.305 e. The molecule has 5 nitrogen and oxygen atoms in total. The summed E-state index contributed by atoms with van der Waals surface area (Å²) in [5, 5.41) is 2.95. The summed E-state index contributed by atoms with van der Waals surface area (Å²) in [6.45, 7) is 3.72. The van der Waals surface area contributed by atoms with Crippen molar-refractivity contribution >= 4 is 17.3 Å². The first-order chi connectivity index (χ1) is 9.10. The normalized spacial score (nSPS) is 10.7. The summed E-state index contributed by atoms with van der Waals surface area (Å²) < 4.78 is 10.1. The molecule has 0 aliphatic heterocycles. The van der Waals surface area contributed by atoms with Crippen molar-refractivity contribution < 1.29 is 13.9 Å². The highest BCUT2D eigenvalue weighted by Crippen LogP contribution is 2.26. The second kappa shape index (κ2) is 5.97. The van der Waals surface area contributed by atoms with E-state index in [9.17, 15) is 4.79 Å². The van der Waals surface area contributed by atoms with Crippen molar-refractivity contribution in [2.75, 3.05) is 7.11 Å². The number of thiazole rings is 1. The van der Waals surface area contributed by atoms with Crippen LogP contribution in [0.2, 0.25) is 0 Å². The van der Waals surface area contributed by atoms with Gasteiger partial charge >= 0.3 is 5.97 Å². The number of nitrogens with zero attached hydrogens (tertiary/aromatic N) is 2. The van der Waals surface area contributed by atoms with Gasteiger partial charge in [-0.25, -0.2) is 9.97 Å². The van der Waals surface area contributed by atoms with Gasteiger partial charge in [0.15, 0.2) is 11.7 Å². The number of oxazole rings is 1. The van der Waals surface area contributed by atoms with Crippen LogP contribution in [0.5, 0.6) is 0 Å². The Balaban J connectivity index is 1.99. The van der Waals surface area contributed by atoms with E-state index in [1.54, 1.807) is 11.3 Å². The van der Waals surface area contributed by atoms with Crippen molar-refractivity contribution in [3.8, 4) is 11.5 Å². The summed E-state index contributed by atoms with van der Waals surface area (Å²) in [5.41, 5.74) is 1.67. The molecule has 0 saturated heterocycles.